The largest absolute Gasteiger partial charge is 0.228 e. The highest BCUT2D eigenvalue weighted by atomic mass is 32.1. The van der Waals surface area contributed by atoms with Gasteiger partial charge in [0.05, 0.1) is 11.4 Å². The lowest BCUT2D eigenvalue weighted by Crippen LogP contribution is -1.99. The highest BCUT2D eigenvalue weighted by molar-refractivity contribution is 7.22. The van der Waals surface area contributed by atoms with Gasteiger partial charge in [-0.2, -0.15) is 0 Å². The van der Waals surface area contributed by atoms with Crippen LogP contribution in [-0.2, 0) is 0 Å². The van der Waals surface area contributed by atoms with Gasteiger partial charge in [-0.3, -0.25) is 0 Å². The van der Waals surface area contributed by atoms with E-state index in [1.807, 2.05) is 17.4 Å². The molecule has 8 aromatic carbocycles. The molecule has 0 aliphatic rings. The molecule has 0 fully saturated rings. The van der Waals surface area contributed by atoms with Gasteiger partial charge in [-0.25, -0.2) is 9.97 Å². The van der Waals surface area contributed by atoms with E-state index in [-0.39, 0.29) is 0 Å². The maximum absolute atomic E-state index is 5.44. The smallest absolute Gasteiger partial charge is 0.160 e. The van der Waals surface area contributed by atoms with Gasteiger partial charge in [-0.1, -0.05) is 164 Å². The van der Waals surface area contributed by atoms with E-state index in [2.05, 4.69) is 176 Å². The predicted octanol–water partition coefficient (Wildman–Crippen LogP) is 13.5. The van der Waals surface area contributed by atoms with Crippen molar-refractivity contribution >= 4 is 53.7 Å². The first-order valence-corrected chi connectivity index (χ1v) is 18.1. The lowest BCUT2D eigenvalue weighted by molar-refractivity contribution is 1.19. The Balaban J connectivity index is 1.33. The van der Waals surface area contributed by atoms with Gasteiger partial charge in [0.25, 0.3) is 0 Å². The quantitative estimate of drug-likeness (QED) is 0.135. The fourth-order valence-corrected chi connectivity index (χ4v) is 8.70. The van der Waals surface area contributed by atoms with Crippen molar-refractivity contribution in [3.63, 3.8) is 0 Å². The summed E-state index contributed by atoms with van der Waals surface area (Å²) in [5.41, 5.74) is 8.61. The Morgan fingerprint density at radius 2 is 0.961 bits per heavy atom. The molecule has 2 aromatic heterocycles. The Morgan fingerprint density at radius 1 is 0.373 bits per heavy atom. The van der Waals surface area contributed by atoms with Gasteiger partial charge >= 0.3 is 0 Å². The third kappa shape index (κ3) is 5.01. The molecule has 0 amide bonds. The molecule has 0 saturated carbocycles. The van der Waals surface area contributed by atoms with Crippen LogP contribution < -0.4 is 0 Å². The molecule has 2 nitrogen and oxygen atoms in total. The molecular formula is C48H30N2S. The van der Waals surface area contributed by atoms with Crippen molar-refractivity contribution in [2.75, 3.05) is 0 Å². The minimum absolute atomic E-state index is 0.707. The van der Waals surface area contributed by atoms with Crippen molar-refractivity contribution in [1.29, 1.82) is 0 Å². The molecule has 3 heteroatoms. The van der Waals surface area contributed by atoms with Crippen LogP contribution in [0.2, 0.25) is 0 Å². The summed E-state index contributed by atoms with van der Waals surface area (Å²) in [6.45, 7) is 0. The number of rotatable bonds is 5. The monoisotopic (exact) mass is 666 g/mol. The first kappa shape index (κ1) is 29.5. The summed E-state index contributed by atoms with van der Waals surface area (Å²) < 4.78 is 1.28. The maximum atomic E-state index is 5.44. The molecule has 0 radical (unpaired) electrons. The zero-order valence-electron chi connectivity index (χ0n) is 27.6. The molecule has 51 heavy (non-hydrogen) atoms. The van der Waals surface area contributed by atoms with E-state index in [1.165, 1.54) is 64.0 Å². The van der Waals surface area contributed by atoms with Crippen LogP contribution in [0.5, 0.6) is 0 Å². The van der Waals surface area contributed by atoms with Crippen LogP contribution in [0.15, 0.2) is 182 Å². The van der Waals surface area contributed by atoms with E-state index in [0.717, 1.165) is 28.1 Å². The van der Waals surface area contributed by atoms with Crippen molar-refractivity contribution in [2.24, 2.45) is 0 Å². The number of hydrogen-bond acceptors (Lipinski definition) is 3. The van der Waals surface area contributed by atoms with E-state index < -0.39 is 0 Å². The molecule has 0 aliphatic carbocycles. The van der Waals surface area contributed by atoms with Gasteiger partial charge in [0.15, 0.2) is 5.82 Å². The van der Waals surface area contributed by atoms with Crippen LogP contribution in [0.4, 0.5) is 0 Å². The Bertz CT molecular complexity index is 2880. The van der Waals surface area contributed by atoms with Gasteiger partial charge in [0, 0.05) is 37.2 Å². The van der Waals surface area contributed by atoms with E-state index in [9.17, 15) is 0 Å². The summed E-state index contributed by atoms with van der Waals surface area (Å²) in [6, 6.07) is 65.0. The van der Waals surface area contributed by atoms with Crippen molar-refractivity contribution in [2.45, 2.75) is 0 Å². The number of aromatic nitrogens is 2. The SMILES string of the molecule is c1ccc(-c2nc(-c3ccccc3-c3cc4ccccc4s3)cc(-c3c4ccccc4c(-c4ccccc4)c4ccc5ccccc5c34)n2)cc1. The van der Waals surface area contributed by atoms with Gasteiger partial charge in [0.1, 0.15) is 0 Å². The lowest BCUT2D eigenvalue weighted by Gasteiger charge is -2.20. The Hall–Kier alpha value is -6.42. The molecule has 238 valence electrons. The molecule has 10 rings (SSSR count). The van der Waals surface area contributed by atoms with E-state index >= 15 is 0 Å². The lowest BCUT2D eigenvalue weighted by atomic mass is 9.85. The third-order valence-corrected chi connectivity index (χ3v) is 11.0. The minimum Gasteiger partial charge on any atom is -0.228 e. The summed E-state index contributed by atoms with van der Waals surface area (Å²) in [5, 5.41) is 8.44. The molecule has 0 N–H and O–H groups in total. The van der Waals surface area contributed by atoms with Crippen LogP contribution in [0.25, 0.3) is 97.9 Å². The van der Waals surface area contributed by atoms with Gasteiger partial charge < -0.3 is 0 Å². The molecule has 10 aromatic rings. The number of thiophene rings is 1. The number of nitrogens with zero attached hydrogens (tertiary/aromatic N) is 2. The zero-order chi connectivity index (χ0) is 33.7. The fraction of sp³-hybridized carbons (Fsp3) is 0. The van der Waals surface area contributed by atoms with Crippen molar-refractivity contribution in [1.82, 2.24) is 9.97 Å². The van der Waals surface area contributed by atoms with Crippen molar-refractivity contribution < 1.29 is 0 Å². The van der Waals surface area contributed by atoms with Crippen LogP contribution in [0.3, 0.4) is 0 Å². The Labute approximate surface area is 300 Å². The van der Waals surface area contributed by atoms with Crippen molar-refractivity contribution in [3.8, 4) is 55.5 Å². The first-order valence-electron chi connectivity index (χ1n) is 17.2. The summed E-state index contributed by atoms with van der Waals surface area (Å²) in [6.07, 6.45) is 0. The van der Waals surface area contributed by atoms with Crippen LogP contribution in [-0.4, -0.2) is 9.97 Å². The number of benzene rings is 8. The number of fused-ring (bicyclic) bond motifs is 5. The van der Waals surface area contributed by atoms with Crippen molar-refractivity contribution in [3.05, 3.63) is 182 Å². The molecule has 0 saturated heterocycles. The second-order valence-corrected chi connectivity index (χ2v) is 14.0. The zero-order valence-corrected chi connectivity index (χ0v) is 28.4. The average Bonchev–Trinajstić information content (AvgIpc) is 3.65. The Kier molecular flexibility index (Phi) is 7.04. The van der Waals surface area contributed by atoms with Crippen LogP contribution in [0, 0.1) is 0 Å². The summed E-state index contributed by atoms with van der Waals surface area (Å²) in [4.78, 5) is 12.0. The molecule has 0 spiro atoms. The minimum atomic E-state index is 0.707. The second kappa shape index (κ2) is 12.2. The fourth-order valence-electron chi connectivity index (χ4n) is 7.60. The average molecular weight is 667 g/mol. The highest BCUT2D eigenvalue weighted by Crippen LogP contribution is 2.47. The normalized spacial score (nSPS) is 11.5. The second-order valence-electron chi connectivity index (χ2n) is 12.9. The van der Waals surface area contributed by atoms with Crippen LogP contribution >= 0.6 is 11.3 Å². The summed E-state index contributed by atoms with van der Waals surface area (Å²) >= 11 is 1.82. The van der Waals surface area contributed by atoms with E-state index in [1.54, 1.807) is 0 Å². The standard InChI is InChI=1S/C48H30N2S/c1-3-16-32(17-4-1)45-38-24-12-13-25-39(38)47(46-35-21-9-7-15-31(35)27-28-40(45)46)42-30-41(49-48(50-42)33-18-5-2-6-19-33)36-22-10-11-23-37(36)44-29-34-20-8-14-26-43(34)51-44/h1-30H. The maximum Gasteiger partial charge on any atom is 0.160 e. The summed E-state index contributed by atoms with van der Waals surface area (Å²) in [7, 11) is 0. The van der Waals surface area contributed by atoms with E-state index in [4.69, 9.17) is 9.97 Å². The van der Waals surface area contributed by atoms with Gasteiger partial charge in [0.2, 0.25) is 0 Å². The molecule has 0 aliphatic heterocycles. The van der Waals surface area contributed by atoms with Gasteiger partial charge in [-0.05, 0) is 61.6 Å². The molecule has 0 atom stereocenters. The molecular weight excluding hydrogens is 637 g/mol. The topological polar surface area (TPSA) is 25.8 Å². The van der Waals surface area contributed by atoms with E-state index in [0.29, 0.717) is 5.82 Å². The van der Waals surface area contributed by atoms with Crippen LogP contribution in [0.1, 0.15) is 0 Å². The number of hydrogen-bond donors (Lipinski definition) is 0. The predicted molar refractivity (Wildman–Crippen MR) is 217 cm³/mol. The molecule has 0 unspecified atom stereocenters. The van der Waals surface area contributed by atoms with Gasteiger partial charge in [-0.15, -0.1) is 11.3 Å². The summed E-state index contributed by atoms with van der Waals surface area (Å²) in [5.74, 6) is 0.707. The molecule has 2 heterocycles. The Morgan fingerprint density at radius 3 is 1.73 bits per heavy atom. The first-order chi connectivity index (χ1) is 25.3. The highest BCUT2D eigenvalue weighted by Gasteiger charge is 2.22. The third-order valence-electron chi connectivity index (χ3n) is 9.88. The molecule has 0 bridgehead atoms.